The molecular formula is C19H24FN3O4S2. The number of nitrogens with zero attached hydrogens (tertiary/aromatic N) is 1. The van der Waals surface area contributed by atoms with E-state index in [2.05, 4.69) is 15.3 Å². The smallest absolute Gasteiger partial charge is 0.264 e. The molecule has 0 amide bonds. The Morgan fingerprint density at radius 3 is 2.90 bits per heavy atom. The summed E-state index contributed by atoms with van der Waals surface area (Å²) in [7, 11) is -3.43. The van der Waals surface area contributed by atoms with Gasteiger partial charge in [0.05, 0.1) is 35.8 Å². The Bertz CT molecular complexity index is 1020. The minimum Gasteiger partial charge on any atom is -0.381 e. The van der Waals surface area contributed by atoms with E-state index < -0.39 is 10.1 Å². The highest BCUT2D eigenvalue weighted by atomic mass is 32.2. The van der Waals surface area contributed by atoms with Crippen LogP contribution in [0.3, 0.4) is 0 Å². The second kappa shape index (κ2) is 8.63. The molecule has 1 atom stereocenters. The van der Waals surface area contributed by atoms with Crippen molar-refractivity contribution in [1.82, 2.24) is 4.98 Å². The zero-order chi connectivity index (χ0) is 20.4. The summed E-state index contributed by atoms with van der Waals surface area (Å²) < 4.78 is 46.5. The molecule has 0 bridgehead atoms. The SMILES string of the molecule is CS(=O)(=O)OCC[C@@H]1CSC(c2cc3cc(F)cc(NC4CCOCC4)c3[nH]2)=N1. The summed E-state index contributed by atoms with van der Waals surface area (Å²) in [6.45, 7) is 1.55. The minimum absolute atomic E-state index is 0.000248. The molecule has 1 fully saturated rings. The first-order valence-corrected chi connectivity index (χ1v) is 12.4. The number of aromatic nitrogens is 1. The van der Waals surface area contributed by atoms with Crippen LogP contribution in [0.4, 0.5) is 10.1 Å². The van der Waals surface area contributed by atoms with Gasteiger partial charge in [0.25, 0.3) is 10.1 Å². The summed E-state index contributed by atoms with van der Waals surface area (Å²) in [6.07, 6.45) is 3.37. The van der Waals surface area contributed by atoms with Gasteiger partial charge in [0.15, 0.2) is 0 Å². The van der Waals surface area contributed by atoms with Crippen LogP contribution in [-0.4, -0.2) is 62.4 Å². The first-order chi connectivity index (χ1) is 13.9. The fraction of sp³-hybridized carbons (Fsp3) is 0.526. The van der Waals surface area contributed by atoms with Gasteiger partial charge in [-0.15, -0.1) is 11.8 Å². The van der Waals surface area contributed by atoms with Crippen LogP contribution in [0.1, 0.15) is 25.0 Å². The lowest BCUT2D eigenvalue weighted by Crippen LogP contribution is -2.27. The highest BCUT2D eigenvalue weighted by molar-refractivity contribution is 8.14. The number of anilines is 1. The van der Waals surface area contributed by atoms with Crippen LogP contribution in [-0.2, 0) is 19.0 Å². The van der Waals surface area contributed by atoms with E-state index in [-0.39, 0.29) is 24.5 Å². The molecule has 0 aliphatic carbocycles. The maximum atomic E-state index is 14.2. The van der Waals surface area contributed by atoms with Crippen LogP contribution >= 0.6 is 11.8 Å². The van der Waals surface area contributed by atoms with E-state index in [1.54, 1.807) is 11.8 Å². The van der Waals surface area contributed by atoms with Gasteiger partial charge in [0, 0.05) is 30.4 Å². The first kappa shape index (κ1) is 20.6. The van der Waals surface area contributed by atoms with Gasteiger partial charge in [-0.1, -0.05) is 0 Å². The first-order valence-electron chi connectivity index (χ1n) is 9.59. The third-order valence-corrected chi connectivity index (χ3v) is 6.71. The van der Waals surface area contributed by atoms with Crippen LogP contribution in [0.2, 0.25) is 0 Å². The molecule has 3 heterocycles. The number of hydrogen-bond donors (Lipinski definition) is 2. The topological polar surface area (TPSA) is 92.8 Å². The average molecular weight is 442 g/mol. The number of nitrogens with one attached hydrogen (secondary N) is 2. The maximum Gasteiger partial charge on any atom is 0.264 e. The molecule has 2 aromatic rings. The minimum atomic E-state index is -3.43. The molecule has 7 nitrogen and oxygen atoms in total. The zero-order valence-corrected chi connectivity index (χ0v) is 17.7. The summed E-state index contributed by atoms with van der Waals surface area (Å²) in [5.74, 6) is 0.480. The Morgan fingerprint density at radius 2 is 2.14 bits per heavy atom. The van der Waals surface area contributed by atoms with E-state index in [1.165, 1.54) is 12.1 Å². The molecule has 10 heteroatoms. The van der Waals surface area contributed by atoms with Gasteiger partial charge in [0.2, 0.25) is 0 Å². The molecule has 4 rings (SSSR count). The van der Waals surface area contributed by atoms with Crippen molar-refractivity contribution in [3.05, 3.63) is 29.7 Å². The van der Waals surface area contributed by atoms with Crippen LogP contribution in [0.5, 0.6) is 0 Å². The Labute approximate surface area is 173 Å². The highest BCUT2D eigenvalue weighted by Crippen LogP contribution is 2.31. The number of aliphatic imine (C=N–C) groups is 1. The molecule has 1 aromatic carbocycles. The Morgan fingerprint density at radius 1 is 1.34 bits per heavy atom. The molecular weight excluding hydrogens is 417 g/mol. The molecule has 0 saturated carbocycles. The van der Waals surface area contributed by atoms with Gasteiger partial charge in [-0.05, 0) is 37.5 Å². The molecule has 2 N–H and O–H groups in total. The van der Waals surface area contributed by atoms with Crippen molar-refractivity contribution in [2.24, 2.45) is 4.99 Å². The monoisotopic (exact) mass is 441 g/mol. The van der Waals surface area contributed by atoms with E-state index in [4.69, 9.17) is 8.92 Å². The molecule has 1 saturated heterocycles. The number of benzene rings is 1. The van der Waals surface area contributed by atoms with Gasteiger partial charge in [-0.3, -0.25) is 9.18 Å². The Balaban J connectivity index is 1.51. The molecule has 2 aliphatic heterocycles. The van der Waals surface area contributed by atoms with Crippen molar-refractivity contribution >= 4 is 43.5 Å². The lowest BCUT2D eigenvalue weighted by molar-refractivity contribution is 0.0905. The van der Waals surface area contributed by atoms with Gasteiger partial charge in [-0.25, -0.2) is 4.39 Å². The van der Waals surface area contributed by atoms with Crippen molar-refractivity contribution in [3.8, 4) is 0 Å². The van der Waals surface area contributed by atoms with Crippen molar-refractivity contribution in [3.63, 3.8) is 0 Å². The number of fused-ring (bicyclic) bond motifs is 1. The lowest BCUT2D eigenvalue weighted by atomic mass is 10.1. The predicted octanol–water partition coefficient (Wildman–Crippen LogP) is 3.13. The number of rotatable bonds is 7. The van der Waals surface area contributed by atoms with Crippen LogP contribution < -0.4 is 5.32 Å². The third-order valence-electron chi connectivity index (χ3n) is 4.97. The van der Waals surface area contributed by atoms with Crippen LogP contribution in [0, 0.1) is 5.82 Å². The highest BCUT2D eigenvalue weighted by Gasteiger charge is 2.22. The Kier molecular flexibility index (Phi) is 6.14. The van der Waals surface area contributed by atoms with Gasteiger partial charge < -0.3 is 15.0 Å². The number of aromatic amines is 1. The molecule has 0 spiro atoms. The summed E-state index contributed by atoms with van der Waals surface area (Å²) in [4.78, 5) is 8.07. The quantitative estimate of drug-likeness (QED) is 0.642. The zero-order valence-electron chi connectivity index (χ0n) is 16.1. The summed E-state index contributed by atoms with van der Waals surface area (Å²) in [5, 5.41) is 5.09. The van der Waals surface area contributed by atoms with Crippen molar-refractivity contribution < 1.29 is 21.7 Å². The third kappa shape index (κ3) is 5.30. The average Bonchev–Trinajstić information content (AvgIpc) is 3.28. The van der Waals surface area contributed by atoms with Gasteiger partial charge in [-0.2, -0.15) is 8.42 Å². The summed E-state index contributed by atoms with van der Waals surface area (Å²) in [6, 6.07) is 5.21. The van der Waals surface area contributed by atoms with Crippen molar-refractivity contribution in [1.29, 1.82) is 0 Å². The maximum absolute atomic E-state index is 14.2. The largest absolute Gasteiger partial charge is 0.381 e. The normalized spacial score (nSPS) is 20.9. The van der Waals surface area contributed by atoms with E-state index in [0.717, 1.165) is 52.2 Å². The van der Waals surface area contributed by atoms with Crippen LogP contribution in [0.25, 0.3) is 10.9 Å². The van der Waals surface area contributed by atoms with E-state index in [9.17, 15) is 12.8 Å². The molecule has 0 radical (unpaired) electrons. The number of hydrogen-bond acceptors (Lipinski definition) is 7. The second-order valence-corrected chi connectivity index (χ2v) is 10.00. The summed E-state index contributed by atoms with van der Waals surface area (Å²) >= 11 is 1.61. The number of ether oxygens (including phenoxy) is 1. The van der Waals surface area contributed by atoms with E-state index >= 15 is 0 Å². The van der Waals surface area contributed by atoms with Crippen LogP contribution in [0.15, 0.2) is 23.2 Å². The fourth-order valence-electron chi connectivity index (χ4n) is 3.54. The molecule has 1 aromatic heterocycles. The number of H-pyrrole nitrogens is 1. The van der Waals surface area contributed by atoms with E-state index in [0.29, 0.717) is 19.6 Å². The van der Waals surface area contributed by atoms with Crippen molar-refractivity contribution in [2.75, 3.05) is 37.1 Å². The van der Waals surface area contributed by atoms with Crippen molar-refractivity contribution in [2.45, 2.75) is 31.3 Å². The number of halogens is 1. The number of thioether (sulfide) groups is 1. The van der Waals surface area contributed by atoms with Gasteiger partial charge in [0.1, 0.15) is 10.9 Å². The Hall–Kier alpha value is -1.62. The molecule has 158 valence electrons. The molecule has 29 heavy (non-hydrogen) atoms. The predicted molar refractivity (Wildman–Crippen MR) is 114 cm³/mol. The second-order valence-electron chi connectivity index (χ2n) is 7.35. The van der Waals surface area contributed by atoms with Gasteiger partial charge >= 0.3 is 0 Å². The standard InChI is InChI=1S/C19H24FN3O4S2/c1-29(24,25)27-7-4-15-11-28-19(22-15)17-9-12-8-13(20)10-16(18(12)23-17)21-14-2-5-26-6-3-14/h8-10,14-15,21,23H,2-7,11H2,1H3/t15-/m1/s1. The summed E-state index contributed by atoms with van der Waals surface area (Å²) in [5.41, 5.74) is 2.46. The van der Waals surface area contributed by atoms with E-state index in [1.807, 2.05) is 6.07 Å². The molecule has 2 aliphatic rings. The molecule has 0 unspecified atom stereocenters. The lowest BCUT2D eigenvalue weighted by Gasteiger charge is -2.24. The fourth-order valence-corrected chi connectivity index (χ4v) is 5.02.